The van der Waals surface area contributed by atoms with Gasteiger partial charge in [0.1, 0.15) is 11.5 Å². The monoisotopic (exact) mass is 314 g/mol. The zero-order valence-corrected chi connectivity index (χ0v) is 13.5. The molecule has 2 heterocycles. The van der Waals surface area contributed by atoms with Gasteiger partial charge in [-0.3, -0.25) is 9.69 Å². The Balaban J connectivity index is 1.86. The Kier molecular flexibility index (Phi) is 4.73. The second-order valence-corrected chi connectivity index (χ2v) is 7.89. The predicted molar refractivity (Wildman–Crippen MR) is 79.8 cm³/mol. The summed E-state index contributed by atoms with van der Waals surface area (Å²) in [4.78, 5) is 13.9. The van der Waals surface area contributed by atoms with Crippen LogP contribution in [0.15, 0.2) is 10.5 Å². The van der Waals surface area contributed by atoms with Crippen molar-refractivity contribution in [2.24, 2.45) is 0 Å². The summed E-state index contributed by atoms with van der Waals surface area (Å²) in [6.45, 7) is 6.74. The number of nitrogens with one attached hydrogen (secondary N) is 1. The lowest BCUT2D eigenvalue weighted by atomic mass is 10.1. The standard InChI is InChI=1S/C14H22N2O4S/c1-10-8-13(12(3)20-10)11(2)15-14(17)9-16-4-6-21(18,19)7-5-16/h8,11H,4-7,9H2,1-3H3,(H,15,17)/t11-/m1/s1. The Morgan fingerprint density at radius 3 is 2.52 bits per heavy atom. The van der Waals surface area contributed by atoms with E-state index in [0.717, 1.165) is 17.1 Å². The molecule has 1 amide bonds. The summed E-state index contributed by atoms with van der Waals surface area (Å²) in [7, 11) is -2.91. The highest BCUT2D eigenvalue weighted by Crippen LogP contribution is 2.21. The van der Waals surface area contributed by atoms with Crippen LogP contribution in [0.25, 0.3) is 0 Å². The Bertz CT molecular complexity index is 607. The minimum atomic E-state index is -2.91. The predicted octanol–water partition coefficient (Wildman–Crippen LogP) is 0.804. The Morgan fingerprint density at radius 2 is 2.00 bits per heavy atom. The molecule has 1 aliphatic heterocycles. The zero-order valence-electron chi connectivity index (χ0n) is 12.7. The molecule has 0 bridgehead atoms. The van der Waals surface area contributed by atoms with Gasteiger partial charge in [-0.25, -0.2) is 8.42 Å². The normalized spacial score (nSPS) is 20.1. The number of hydrogen-bond donors (Lipinski definition) is 1. The molecule has 0 saturated carbocycles. The molecule has 1 saturated heterocycles. The first kappa shape index (κ1) is 16.0. The fourth-order valence-electron chi connectivity index (χ4n) is 2.56. The first-order valence-corrected chi connectivity index (χ1v) is 8.88. The highest BCUT2D eigenvalue weighted by Gasteiger charge is 2.23. The van der Waals surface area contributed by atoms with Crippen LogP contribution < -0.4 is 5.32 Å². The van der Waals surface area contributed by atoms with Gasteiger partial charge in [-0.05, 0) is 26.8 Å². The average molecular weight is 314 g/mol. The number of carbonyl (C=O) groups excluding carboxylic acids is 1. The van der Waals surface area contributed by atoms with Gasteiger partial charge in [-0.15, -0.1) is 0 Å². The second-order valence-electron chi connectivity index (χ2n) is 5.59. The molecule has 1 N–H and O–H groups in total. The summed E-state index contributed by atoms with van der Waals surface area (Å²) in [6.07, 6.45) is 0. The number of furan rings is 1. The number of aryl methyl sites for hydroxylation is 2. The smallest absolute Gasteiger partial charge is 0.234 e. The van der Waals surface area contributed by atoms with Crippen LogP contribution >= 0.6 is 0 Å². The summed E-state index contributed by atoms with van der Waals surface area (Å²) in [5.74, 6) is 1.81. The highest BCUT2D eigenvalue weighted by atomic mass is 32.2. The van der Waals surface area contributed by atoms with E-state index in [2.05, 4.69) is 5.32 Å². The van der Waals surface area contributed by atoms with Gasteiger partial charge in [0.2, 0.25) is 5.91 Å². The second kappa shape index (κ2) is 6.19. The molecular formula is C14H22N2O4S. The first-order valence-electron chi connectivity index (χ1n) is 7.06. The highest BCUT2D eigenvalue weighted by molar-refractivity contribution is 7.91. The third-order valence-corrected chi connectivity index (χ3v) is 5.34. The van der Waals surface area contributed by atoms with E-state index in [1.165, 1.54) is 0 Å². The molecule has 6 nitrogen and oxygen atoms in total. The van der Waals surface area contributed by atoms with Gasteiger partial charge in [0.15, 0.2) is 9.84 Å². The maximum absolute atomic E-state index is 12.0. The minimum Gasteiger partial charge on any atom is -0.466 e. The van der Waals surface area contributed by atoms with E-state index in [-0.39, 0.29) is 30.0 Å². The molecule has 1 atom stereocenters. The number of amides is 1. The minimum absolute atomic E-state index is 0.0972. The summed E-state index contributed by atoms with van der Waals surface area (Å²) < 4.78 is 28.2. The van der Waals surface area contributed by atoms with Gasteiger partial charge >= 0.3 is 0 Å². The summed E-state index contributed by atoms with van der Waals surface area (Å²) in [5, 5.41) is 2.93. The van der Waals surface area contributed by atoms with Gasteiger partial charge in [0.05, 0.1) is 24.1 Å². The number of nitrogens with zero attached hydrogens (tertiary/aromatic N) is 1. The van der Waals surface area contributed by atoms with Crippen molar-refractivity contribution in [2.75, 3.05) is 31.1 Å². The molecule has 0 radical (unpaired) electrons. The van der Waals surface area contributed by atoms with Crippen LogP contribution in [0, 0.1) is 13.8 Å². The molecule has 1 aromatic rings. The summed E-state index contributed by atoms with van der Waals surface area (Å²) in [6, 6.07) is 1.80. The fourth-order valence-corrected chi connectivity index (χ4v) is 3.83. The van der Waals surface area contributed by atoms with Gasteiger partial charge in [-0.1, -0.05) is 0 Å². The van der Waals surface area contributed by atoms with Crippen LogP contribution in [-0.4, -0.2) is 50.4 Å². The average Bonchev–Trinajstić information content (AvgIpc) is 2.71. The van der Waals surface area contributed by atoms with Crippen molar-refractivity contribution < 1.29 is 17.6 Å². The quantitative estimate of drug-likeness (QED) is 0.889. The molecule has 0 spiro atoms. The maximum atomic E-state index is 12.0. The van der Waals surface area contributed by atoms with E-state index in [1.54, 1.807) is 0 Å². The molecule has 7 heteroatoms. The molecule has 21 heavy (non-hydrogen) atoms. The molecule has 1 fully saturated rings. The molecule has 0 unspecified atom stereocenters. The largest absolute Gasteiger partial charge is 0.466 e. The third-order valence-electron chi connectivity index (χ3n) is 3.73. The Labute approximate surface area is 125 Å². The van der Waals surface area contributed by atoms with E-state index in [9.17, 15) is 13.2 Å². The molecule has 0 aromatic carbocycles. The van der Waals surface area contributed by atoms with E-state index in [4.69, 9.17) is 4.42 Å². The lowest BCUT2D eigenvalue weighted by Gasteiger charge is -2.26. The number of carbonyl (C=O) groups is 1. The van der Waals surface area contributed by atoms with Crippen molar-refractivity contribution in [3.63, 3.8) is 0 Å². The van der Waals surface area contributed by atoms with Crippen LogP contribution in [0.2, 0.25) is 0 Å². The van der Waals surface area contributed by atoms with Crippen LogP contribution in [0.1, 0.15) is 30.0 Å². The van der Waals surface area contributed by atoms with E-state index in [0.29, 0.717) is 13.1 Å². The third kappa shape index (κ3) is 4.31. The lowest BCUT2D eigenvalue weighted by Crippen LogP contribution is -2.45. The molecule has 118 valence electrons. The van der Waals surface area contributed by atoms with Crippen molar-refractivity contribution in [1.82, 2.24) is 10.2 Å². The number of hydrogen-bond acceptors (Lipinski definition) is 5. The van der Waals surface area contributed by atoms with Crippen LogP contribution in [-0.2, 0) is 14.6 Å². The summed E-state index contributed by atoms with van der Waals surface area (Å²) >= 11 is 0. The van der Waals surface area contributed by atoms with Crippen molar-refractivity contribution in [1.29, 1.82) is 0 Å². The van der Waals surface area contributed by atoms with Gasteiger partial charge in [-0.2, -0.15) is 0 Å². The Hall–Kier alpha value is -1.34. The van der Waals surface area contributed by atoms with Crippen LogP contribution in [0.3, 0.4) is 0 Å². The Morgan fingerprint density at radius 1 is 1.38 bits per heavy atom. The van der Waals surface area contributed by atoms with Crippen molar-refractivity contribution >= 4 is 15.7 Å². The van der Waals surface area contributed by atoms with Crippen molar-refractivity contribution in [3.8, 4) is 0 Å². The van der Waals surface area contributed by atoms with E-state index >= 15 is 0 Å². The van der Waals surface area contributed by atoms with Gasteiger partial charge < -0.3 is 9.73 Å². The van der Waals surface area contributed by atoms with Crippen LogP contribution in [0.5, 0.6) is 0 Å². The lowest BCUT2D eigenvalue weighted by molar-refractivity contribution is -0.122. The molecular weight excluding hydrogens is 292 g/mol. The molecule has 2 rings (SSSR count). The maximum Gasteiger partial charge on any atom is 0.234 e. The summed E-state index contributed by atoms with van der Waals surface area (Å²) in [5.41, 5.74) is 0.974. The van der Waals surface area contributed by atoms with Crippen LogP contribution in [0.4, 0.5) is 0 Å². The molecule has 0 aliphatic carbocycles. The fraction of sp³-hybridized carbons (Fsp3) is 0.643. The SMILES string of the molecule is Cc1cc([C@@H](C)NC(=O)CN2CCS(=O)(=O)CC2)c(C)o1. The van der Waals surface area contributed by atoms with Gasteiger partial charge in [0, 0.05) is 18.7 Å². The van der Waals surface area contributed by atoms with Crippen molar-refractivity contribution in [2.45, 2.75) is 26.8 Å². The van der Waals surface area contributed by atoms with Crippen molar-refractivity contribution in [3.05, 3.63) is 23.2 Å². The first-order chi connectivity index (χ1) is 9.77. The van der Waals surface area contributed by atoms with E-state index in [1.807, 2.05) is 31.7 Å². The zero-order chi connectivity index (χ0) is 15.6. The number of rotatable bonds is 4. The molecule has 1 aromatic heterocycles. The topological polar surface area (TPSA) is 79.6 Å². The number of sulfone groups is 1. The van der Waals surface area contributed by atoms with E-state index < -0.39 is 9.84 Å². The van der Waals surface area contributed by atoms with Gasteiger partial charge in [0.25, 0.3) is 0 Å². The molecule has 1 aliphatic rings.